The summed E-state index contributed by atoms with van der Waals surface area (Å²) in [6.07, 6.45) is -0.794. The largest absolute Gasteiger partial charge is 0.489 e. The van der Waals surface area contributed by atoms with E-state index < -0.39 is 17.7 Å². The molecule has 1 aliphatic rings. The molecule has 0 spiro atoms. The molecule has 1 N–H and O–H groups in total. The fourth-order valence-corrected chi connectivity index (χ4v) is 3.97. The van der Waals surface area contributed by atoms with Crippen molar-refractivity contribution >= 4 is 0 Å². The lowest BCUT2D eigenvalue weighted by Crippen LogP contribution is -1.98. The van der Waals surface area contributed by atoms with Gasteiger partial charge in [0.05, 0.1) is 12.7 Å². The molecule has 0 amide bonds. The molecule has 1 heterocycles. The van der Waals surface area contributed by atoms with Crippen molar-refractivity contribution < 1.29 is 27.8 Å². The van der Waals surface area contributed by atoms with Crippen LogP contribution in [0.3, 0.4) is 0 Å². The van der Waals surface area contributed by atoms with Gasteiger partial charge in [-0.15, -0.1) is 0 Å². The van der Waals surface area contributed by atoms with Crippen LogP contribution < -0.4 is 4.74 Å². The fourth-order valence-electron chi connectivity index (χ4n) is 3.97. The minimum atomic E-state index is -0.929. The van der Waals surface area contributed by atoms with E-state index in [4.69, 9.17) is 9.47 Å². The van der Waals surface area contributed by atoms with Gasteiger partial charge in [0.2, 0.25) is 0 Å². The topological polar surface area (TPSA) is 42.0 Å². The minimum absolute atomic E-state index is 0.152. The third kappa shape index (κ3) is 4.94. The summed E-state index contributed by atoms with van der Waals surface area (Å²) in [6, 6.07) is 21.4. The van der Waals surface area contributed by atoms with Crippen LogP contribution in [-0.4, -0.2) is 11.7 Å². The van der Waals surface area contributed by atoms with Crippen molar-refractivity contribution in [3.05, 3.63) is 113 Å². The molecule has 0 aromatic heterocycles. The van der Waals surface area contributed by atoms with Gasteiger partial charge < -0.3 is 14.6 Å². The van der Waals surface area contributed by atoms with Gasteiger partial charge in [0, 0.05) is 22.8 Å². The van der Waals surface area contributed by atoms with Gasteiger partial charge in [-0.05, 0) is 41.3 Å². The molecule has 0 radical (unpaired) electrons. The van der Waals surface area contributed by atoms with Gasteiger partial charge in [-0.25, -0.2) is 13.2 Å². The van der Waals surface area contributed by atoms with Crippen molar-refractivity contribution in [2.75, 3.05) is 6.61 Å². The smallest absolute Gasteiger partial charge is 0.167 e. The average Bonchev–Trinajstić information content (AvgIpc) is 3.70. The molecule has 1 aliphatic heterocycles. The lowest BCUT2D eigenvalue weighted by Gasteiger charge is -2.11. The first-order valence-corrected chi connectivity index (χ1v) is 11.3. The summed E-state index contributed by atoms with van der Waals surface area (Å²) in [6.45, 7) is 2.38. The van der Waals surface area contributed by atoms with E-state index in [0.29, 0.717) is 34.6 Å². The van der Waals surface area contributed by atoms with Crippen molar-refractivity contribution in [3.8, 4) is 28.0 Å². The summed E-state index contributed by atoms with van der Waals surface area (Å²) in [5.74, 6) is -1.82. The van der Waals surface area contributed by atoms with Crippen molar-refractivity contribution in [1.82, 2.24) is 0 Å². The van der Waals surface area contributed by atoms with Crippen LogP contribution >= 0.6 is 0 Å². The predicted octanol–water partition coefficient (Wildman–Crippen LogP) is 7.14. The molecule has 2 unspecified atom stereocenters. The standard InChI is InChI=1S/C29H23F3O3/c1-17(33)19-6-8-21(9-7-19)24-13-12-23(28(31)29(24)32)20-4-2-18(3-5-20)15-34-22-10-11-25(26(30)14-22)27-16-35-27/h2-14,17,27,33H,15-16H2,1H3. The van der Waals surface area contributed by atoms with E-state index >= 15 is 0 Å². The summed E-state index contributed by atoms with van der Waals surface area (Å²) < 4.78 is 54.8. The molecule has 0 bridgehead atoms. The SMILES string of the molecule is CC(O)c1ccc(-c2ccc(-c3ccc(COc4ccc(C5CO5)c(F)c4)cc3)c(F)c2F)cc1. The van der Waals surface area contributed by atoms with Gasteiger partial charge in [0.25, 0.3) is 0 Å². The van der Waals surface area contributed by atoms with Gasteiger partial charge in [0.15, 0.2) is 11.6 Å². The number of benzene rings is 4. The van der Waals surface area contributed by atoms with Crippen LogP contribution in [0.25, 0.3) is 22.3 Å². The van der Waals surface area contributed by atoms with Gasteiger partial charge in [-0.1, -0.05) is 60.7 Å². The molecule has 1 fully saturated rings. The third-order valence-corrected chi connectivity index (χ3v) is 6.11. The fraction of sp³-hybridized carbons (Fsp3) is 0.172. The molecule has 0 saturated carbocycles. The first kappa shape index (κ1) is 23.1. The Morgan fingerprint density at radius 2 is 1.43 bits per heavy atom. The Labute approximate surface area is 201 Å². The van der Waals surface area contributed by atoms with Crippen LogP contribution in [0.1, 0.15) is 35.8 Å². The van der Waals surface area contributed by atoms with E-state index in [9.17, 15) is 18.3 Å². The summed E-state index contributed by atoms with van der Waals surface area (Å²) in [7, 11) is 0. The number of aliphatic hydroxyl groups is 1. The Balaban J connectivity index is 1.29. The molecular formula is C29H23F3O3. The molecule has 178 valence electrons. The molecule has 4 aromatic carbocycles. The van der Waals surface area contributed by atoms with E-state index in [0.717, 1.165) is 5.56 Å². The maximum absolute atomic E-state index is 15.0. The number of hydrogen-bond acceptors (Lipinski definition) is 3. The summed E-state index contributed by atoms with van der Waals surface area (Å²) in [5.41, 5.74) is 3.39. The molecule has 3 nitrogen and oxygen atoms in total. The average molecular weight is 476 g/mol. The summed E-state index contributed by atoms with van der Waals surface area (Å²) >= 11 is 0. The zero-order valence-corrected chi connectivity index (χ0v) is 19.0. The number of halogens is 3. The quantitative estimate of drug-likeness (QED) is 0.288. The van der Waals surface area contributed by atoms with E-state index in [2.05, 4.69) is 0 Å². The minimum Gasteiger partial charge on any atom is -0.489 e. The lowest BCUT2D eigenvalue weighted by molar-refractivity contribution is 0.199. The molecule has 4 aromatic rings. The van der Waals surface area contributed by atoms with Crippen LogP contribution in [0.5, 0.6) is 5.75 Å². The Kier molecular flexibility index (Phi) is 6.32. The van der Waals surface area contributed by atoms with Crippen LogP contribution in [-0.2, 0) is 11.3 Å². The molecule has 35 heavy (non-hydrogen) atoms. The second-order valence-electron chi connectivity index (χ2n) is 8.58. The van der Waals surface area contributed by atoms with E-state index in [1.54, 1.807) is 79.7 Å². The van der Waals surface area contributed by atoms with Crippen LogP contribution in [0.15, 0.2) is 78.9 Å². The van der Waals surface area contributed by atoms with Crippen LogP contribution in [0.2, 0.25) is 0 Å². The van der Waals surface area contributed by atoms with E-state index in [1.165, 1.54) is 6.07 Å². The second kappa shape index (κ2) is 9.56. The van der Waals surface area contributed by atoms with Crippen LogP contribution in [0, 0.1) is 17.5 Å². The lowest BCUT2D eigenvalue weighted by atomic mass is 9.97. The Morgan fingerprint density at radius 1 is 0.857 bits per heavy atom. The second-order valence-corrected chi connectivity index (χ2v) is 8.58. The van der Waals surface area contributed by atoms with Crippen molar-refractivity contribution in [3.63, 3.8) is 0 Å². The highest BCUT2D eigenvalue weighted by atomic mass is 19.2. The Hall–Kier alpha value is -3.61. The molecule has 5 rings (SSSR count). The predicted molar refractivity (Wildman–Crippen MR) is 127 cm³/mol. The zero-order valence-electron chi connectivity index (χ0n) is 19.0. The normalized spacial score (nSPS) is 15.6. The highest BCUT2D eigenvalue weighted by Gasteiger charge is 2.27. The number of rotatable bonds is 7. The molecular weight excluding hydrogens is 453 g/mol. The molecule has 1 saturated heterocycles. The molecule has 6 heteroatoms. The molecule has 2 atom stereocenters. The Morgan fingerprint density at radius 3 is 1.94 bits per heavy atom. The first-order chi connectivity index (χ1) is 16.9. The van der Waals surface area contributed by atoms with Gasteiger partial charge >= 0.3 is 0 Å². The van der Waals surface area contributed by atoms with E-state index in [-0.39, 0.29) is 29.7 Å². The number of epoxide rings is 1. The summed E-state index contributed by atoms with van der Waals surface area (Å²) in [4.78, 5) is 0. The Bertz CT molecular complexity index is 1350. The highest BCUT2D eigenvalue weighted by Crippen LogP contribution is 2.34. The van der Waals surface area contributed by atoms with Crippen molar-refractivity contribution in [2.24, 2.45) is 0 Å². The van der Waals surface area contributed by atoms with Gasteiger partial charge in [-0.3, -0.25) is 0 Å². The maximum Gasteiger partial charge on any atom is 0.167 e. The summed E-state index contributed by atoms with van der Waals surface area (Å²) in [5, 5.41) is 9.64. The maximum atomic E-state index is 15.0. The van der Waals surface area contributed by atoms with E-state index in [1.807, 2.05) is 0 Å². The monoisotopic (exact) mass is 476 g/mol. The third-order valence-electron chi connectivity index (χ3n) is 6.11. The van der Waals surface area contributed by atoms with Crippen LogP contribution in [0.4, 0.5) is 13.2 Å². The highest BCUT2D eigenvalue weighted by molar-refractivity contribution is 5.72. The molecule has 0 aliphatic carbocycles. The van der Waals surface area contributed by atoms with Crippen molar-refractivity contribution in [2.45, 2.75) is 25.7 Å². The number of hydrogen-bond donors (Lipinski definition) is 1. The first-order valence-electron chi connectivity index (χ1n) is 11.3. The van der Waals surface area contributed by atoms with Crippen molar-refractivity contribution in [1.29, 1.82) is 0 Å². The van der Waals surface area contributed by atoms with Gasteiger partial charge in [0.1, 0.15) is 24.3 Å². The van der Waals surface area contributed by atoms with Gasteiger partial charge in [-0.2, -0.15) is 0 Å². The number of ether oxygens (including phenoxy) is 2. The zero-order chi connectivity index (χ0) is 24.5. The number of aliphatic hydroxyl groups excluding tert-OH is 1.